The second kappa shape index (κ2) is 4.82. The zero-order chi connectivity index (χ0) is 11.4. The maximum absolute atomic E-state index is 11.7. The van der Waals surface area contributed by atoms with Crippen molar-refractivity contribution in [2.75, 3.05) is 6.54 Å². The first-order valence-corrected chi connectivity index (χ1v) is 5.10. The van der Waals surface area contributed by atoms with Crippen molar-refractivity contribution in [3.8, 4) is 0 Å². The third-order valence-electron chi connectivity index (χ3n) is 2.12. The van der Waals surface area contributed by atoms with Crippen LogP contribution in [0.25, 0.3) is 0 Å². The number of hydrogen-bond acceptors (Lipinski definition) is 2. The van der Waals surface area contributed by atoms with Gasteiger partial charge in [0, 0.05) is 25.0 Å². The molecular formula is C10H17N3O2. The minimum Gasteiger partial charge on any atom is -0.355 e. The van der Waals surface area contributed by atoms with E-state index in [4.69, 9.17) is 0 Å². The highest BCUT2D eigenvalue weighted by Gasteiger charge is 2.08. The number of carbonyl (C=O) groups is 1. The van der Waals surface area contributed by atoms with Crippen LogP contribution in [0.2, 0.25) is 0 Å². The molecule has 0 saturated carbocycles. The summed E-state index contributed by atoms with van der Waals surface area (Å²) >= 11 is 0. The summed E-state index contributed by atoms with van der Waals surface area (Å²) in [6, 6.07) is 0.119. The summed E-state index contributed by atoms with van der Waals surface area (Å²) in [6.45, 7) is 6.38. The van der Waals surface area contributed by atoms with Crippen molar-refractivity contribution in [3.05, 3.63) is 22.9 Å². The third kappa shape index (κ3) is 2.71. The number of rotatable bonds is 4. The van der Waals surface area contributed by atoms with Crippen molar-refractivity contribution in [3.63, 3.8) is 0 Å². The minimum atomic E-state index is -0.142. The Labute approximate surface area is 88.7 Å². The van der Waals surface area contributed by atoms with Crippen LogP contribution in [0.4, 0.5) is 0 Å². The molecule has 5 heteroatoms. The van der Waals surface area contributed by atoms with Crippen LogP contribution in [-0.4, -0.2) is 21.6 Å². The Balaban J connectivity index is 2.79. The molecule has 1 heterocycles. The van der Waals surface area contributed by atoms with Gasteiger partial charge in [0.1, 0.15) is 6.54 Å². The molecule has 84 valence electrons. The van der Waals surface area contributed by atoms with E-state index in [0.717, 1.165) is 0 Å². The predicted octanol–water partition coefficient (Wildman–Crippen LogP) is 0.367. The Bertz CT molecular complexity index is 390. The fourth-order valence-corrected chi connectivity index (χ4v) is 1.35. The Kier molecular flexibility index (Phi) is 3.71. The highest BCUT2D eigenvalue weighted by Crippen LogP contribution is 1.98. The van der Waals surface area contributed by atoms with Gasteiger partial charge in [-0.05, 0) is 20.8 Å². The van der Waals surface area contributed by atoms with Gasteiger partial charge in [-0.1, -0.05) is 0 Å². The number of carbonyl (C=O) groups excluding carboxylic acids is 1. The van der Waals surface area contributed by atoms with Gasteiger partial charge in [0.25, 0.3) is 0 Å². The van der Waals surface area contributed by atoms with Gasteiger partial charge in [-0.25, -0.2) is 4.79 Å². The van der Waals surface area contributed by atoms with Crippen molar-refractivity contribution in [2.24, 2.45) is 0 Å². The van der Waals surface area contributed by atoms with Gasteiger partial charge in [0.2, 0.25) is 5.91 Å². The molecule has 0 aliphatic heterocycles. The molecule has 15 heavy (non-hydrogen) atoms. The van der Waals surface area contributed by atoms with Crippen LogP contribution in [0.15, 0.2) is 17.2 Å². The molecule has 1 aromatic heterocycles. The lowest BCUT2D eigenvalue weighted by atomic mass is 10.4. The van der Waals surface area contributed by atoms with Crippen LogP contribution in [-0.2, 0) is 11.3 Å². The fraction of sp³-hybridized carbons (Fsp3) is 0.600. The van der Waals surface area contributed by atoms with E-state index in [1.807, 2.05) is 20.8 Å². The zero-order valence-corrected chi connectivity index (χ0v) is 9.36. The number of imidazole rings is 1. The second-order valence-corrected chi connectivity index (χ2v) is 3.66. The number of aromatic nitrogens is 2. The summed E-state index contributed by atoms with van der Waals surface area (Å²) in [4.78, 5) is 23.0. The number of nitrogens with one attached hydrogen (secondary N) is 1. The second-order valence-electron chi connectivity index (χ2n) is 3.66. The Morgan fingerprint density at radius 2 is 2.13 bits per heavy atom. The average molecular weight is 211 g/mol. The van der Waals surface area contributed by atoms with E-state index in [1.54, 1.807) is 17.0 Å². The van der Waals surface area contributed by atoms with Gasteiger partial charge in [-0.15, -0.1) is 0 Å². The minimum absolute atomic E-state index is 0.0897. The van der Waals surface area contributed by atoms with Crippen molar-refractivity contribution in [2.45, 2.75) is 33.4 Å². The molecule has 0 aliphatic carbocycles. The molecule has 0 unspecified atom stereocenters. The van der Waals surface area contributed by atoms with Crippen LogP contribution in [0, 0.1) is 0 Å². The smallest absolute Gasteiger partial charge is 0.328 e. The Hall–Kier alpha value is -1.52. The highest BCUT2D eigenvalue weighted by molar-refractivity contribution is 5.75. The highest BCUT2D eigenvalue weighted by atomic mass is 16.2. The van der Waals surface area contributed by atoms with Crippen LogP contribution in [0.3, 0.4) is 0 Å². The van der Waals surface area contributed by atoms with E-state index >= 15 is 0 Å². The van der Waals surface area contributed by atoms with Gasteiger partial charge in [0.15, 0.2) is 0 Å². The van der Waals surface area contributed by atoms with Crippen LogP contribution in [0.1, 0.15) is 26.8 Å². The summed E-state index contributed by atoms with van der Waals surface area (Å²) in [5, 5.41) is 2.65. The monoisotopic (exact) mass is 211 g/mol. The van der Waals surface area contributed by atoms with Gasteiger partial charge in [-0.3, -0.25) is 13.9 Å². The summed E-state index contributed by atoms with van der Waals surface area (Å²) in [7, 11) is 0. The molecule has 0 bridgehead atoms. The molecule has 1 N–H and O–H groups in total. The maximum atomic E-state index is 11.7. The van der Waals surface area contributed by atoms with Crippen molar-refractivity contribution in [1.82, 2.24) is 14.5 Å². The van der Waals surface area contributed by atoms with Crippen molar-refractivity contribution >= 4 is 5.91 Å². The molecule has 1 amide bonds. The average Bonchev–Trinajstić information content (AvgIpc) is 2.48. The molecule has 0 atom stereocenters. The van der Waals surface area contributed by atoms with E-state index in [1.165, 1.54) is 4.57 Å². The topological polar surface area (TPSA) is 56.0 Å². The normalized spacial score (nSPS) is 10.7. The van der Waals surface area contributed by atoms with E-state index in [2.05, 4.69) is 5.32 Å². The molecule has 5 nitrogen and oxygen atoms in total. The van der Waals surface area contributed by atoms with Gasteiger partial charge >= 0.3 is 5.69 Å². The van der Waals surface area contributed by atoms with E-state index in [9.17, 15) is 9.59 Å². The first-order chi connectivity index (χ1) is 7.06. The zero-order valence-electron chi connectivity index (χ0n) is 9.36. The molecular weight excluding hydrogens is 194 g/mol. The van der Waals surface area contributed by atoms with Crippen LogP contribution >= 0.6 is 0 Å². The predicted molar refractivity (Wildman–Crippen MR) is 57.8 cm³/mol. The first-order valence-electron chi connectivity index (χ1n) is 5.10. The molecule has 0 spiro atoms. The number of nitrogens with zero attached hydrogens (tertiary/aromatic N) is 2. The lowest BCUT2D eigenvalue weighted by molar-refractivity contribution is -0.121. The summed E-state index contributed by atoms with van der Waals surface area (Å²) < 4.78 is 3.00. The number of amides is 1. The van der Waals surface area contributed by atoms with Gasteiger partial charge in [0.05, 0.1) is 0 Å². The van der Waals surface area contributed by atoms with E-state index in [-0.39, 0.29) is 24.2 Å². The molecule has 0 fully saturated rings. The summed E-state index contributed by atoms with van der Waals surface area (Å²) in [5.41, 5.74) is -0.142. The lowest BCUT2D eigenvalue weighted by Crippen LogP contribution is -2.33. The van der Waals surface area contributed by atoms with Crippen molar-refractivity contribution < 1.29 is 4.79 Å². The Morgan fingerprint density at radius 3 is 2.60 bits per heavy atom. The summed E-state index contributed by atoms with van der Waals surface area (Å²) in [6.07, 6.45) is 3.34. The lowest BCUT2D eigenvalue weighted by Gasteiger charge is -2.05. The standard InChI is InChI=1S/C10H17N3O2/c1-4-11-9(14)7-12-5-6-13(8(2)3)10(12)15/h5-6,8H,4,7H2,1-3H3,(H,11,14). The molecule has 0 radical (unpaired) electrons. The van der Waals surface area contributed by atoms with Crippen LogP contribution < -0.4 is 11.0 Å². The fourth-order valence-electron chi connectivity index (χ4n) is 1.35. The molecule has 0 aliphatic rings. The van der Waals surface area contributed by atoms with E-state index < -0.39 is 0 Å². The van der Waals surface area contributed by atoms with Gasteiger partial charge < -0.3 is 5.32 Å². The van der Waals surface area contributed by atoms with E-state index in [0.29, 0.717) is 6.54 Å². The largest absolute Gasteiger partial charge is 0.355 e. The number of hydrogen-bond donors (Lipinski definition) is 1. The Morgan fingerprint density at radius 1 is 1.47 bits per heavy atom. The van der Waals surface area contributed by atoms with Gasteiger partial charge in [-0.2, -0.15) is 0 Å². The van der Waals surface area contributed by atoms with Crippen LogP contribution in [0.5, 0.6) is 0 Å². The summed E-state index contributed by atoms with van der Waals surface area (Å²) in [5.74, 6) is -0.138. The maximum Gasteiger partial charge on any atom is 0.328 e. The molecule has 0 aromatic carbocycles. The molecule has 1 rings (SSSR count). The SMILES string of the molecule is CCNC(=O)Cn1ccn(C(C)C)c1=O. The first kappa shape index (κ1) is 11.6. The third-order valence-corrected chi connectivity index (χ3v) is 2.12. The number of likely N-dealkylation sites (N-methyl/N-ethyl adjacent to an activating group) is 1. The quantitative estimate of drug-likeness (QED) is 0.782. The molecule has 0 saturated heterocycles. The molecule has 1 aromatic rings. The van der Waals surface area contributed by atoms with Crippen molar-refractivity contribution in [1.29, 1.82) is 0 Å².